The summed E-state index contributed by atoms with van der Waals surface area (Å²) >= 11 is 6.58. The summed E-state index contributed by atoms with van der Waals surface area (Å²) in [5.41, 5.74) is 1.98. The number of hydrogen-bond acceptors (Lipinski definition) is 3. The van der Waals surface area contributed by atoms with Gasteiger partial charge in [-0.3, -0.25) is 0 Å². The Bertz CT molecular complexity index is 618. The van der Waals surface area contributed by atoms with Gasteiger partial charge >= 0.3 is 0 Å². The van der Waals surface area contributed by atoms with Gasteiger partial charge in [0.25, 0.3) is 0 Å². The molecule has 4 heteroatoms. The highest BCUT2D eigenvalue weighted by Crippen LogP contribution is 2.38. The van der Waals surface area contributed by atoms with E-state index in [2.05, 4.69) is 0 Å². The Balaban J connectivity index is 1.94. The lowest BCUT2D eigenvalue weighted by Gasteiger charge is -2.13. The van der Waals surface area contributed by atoms with Gasteiger partial charge in [-0.1, -0.05) is 6.07 Å². The number of aryl methyl sites for hydroxylation is 2. The Morgan fingerprint density at radius 3 is 2.50 bits per heavy atom. The van der Waals surface area contributed by atoms with E-state index in [0.717, 1.165) is 40.6 Å². The molecule has 1 atom stereocenters. The van der Waals surface area contributed by atoms with Gasteiger partial charge in [0.05, 0.1) is 18.6 Å². The van der Waals surface area contributed by atoms with Crippen LogP contribution in [0.15, 0.2) is 28.7 Å². The summed E-state index contributed by atoms with van der Waals surface area (Å²) in [4.78, 5) is 0. The number of halogens is 1. The number of alkyl halides is 1. The molecule has 2 aromatic rings. The molecule has 3 rings (SSSR count). The lowest BCUT2D eigenvalue weighted by molar-refractivity contribution is 0.297. The highest BCUT2D eigenvalue weighted by atomic mass is 35.5. The Hall–Kier alpha value is -1.61. The fraction of sp³-hybridized carbons (Fsp3) is 0.375. The van der Waals surface area contributed by atoms with Crippen LogP contribution in [0.5, 0.6) is 11.5 Å². The van der Waals surface area contributed by atoms with Crippen LogP contribution in [-0.4, -0.2) is 13.2 Å². The van der Waals surface area contributed by atoms with Crippen molar-refractivity contribution in [2.45, 2.75) is 25.6 Å². The molecule has 106 valence electrons. The molecule has 2 heterocycles. The number of furan rings is 1. The van der Waals surface area contributed by atoms with Gasteiger partial charge in [0.15, 0.2) is 11.5 Å². The average molecular weight is 293 g/mol. The molecule has 0 saturated carbocycles. The summed E-state index contributed by atoms with van der Waals surface area (Å²) in [6.07, 6.45) is 0.897. The fourth-order valence-electron chi connectivity index (χ4n) is 2.42. The molecule has 0 fully saturated rings. The van der Waals surface area contributed by atoms with Crippen LogP contribution in [0.4, 0.5) is 0 Å². The van der Waals surface area contributed by atoms with Crippen molar-refractivity contribution in [2.24, 2.45) is 0 Å². The van der Waals surface area contributed by atoms with E-state index in [4.69, 9.17) is 25.5 Å². The highest BCUT2D eigenvalue weighted by molar-refractivity contribution is 6.22. The van der Waals surface area contributed by atoms with E-state index >= 15 is 0 Å². The van der Waals surface area contributed by atoms with Gasteiger partial charge in [-0.15, -0.1) is 11.6 Å². The Kier molecular flexibility index (Phi) is 3.62. The molecular weight excluding hydrogens is 276 g/mol. The van der Waals surface area contributed by atoms with Crippen molar-refractivity contribution in [2.75, 3.05) is 13.2 Å². The number of fused-ring (bicyclic) bond motifs is 1. The zero-order valence-electron chi connectivity index (χ0n) is 11.6. The summed E-state index contributed by atoms with van der Waals surface area (Å²) in [6.45, 7) is 5.22. The molecule has 20 heavy (non-hydrogen) atoms. The largest absolute Gasteiger partial charge is 0.490 e. The molecule has 0 amide bonds. The van der Waals surface area contributed by atoms with Crippen molar-refractivity contribution in [3.05, 3.63) is 46.9 Å². The summed E-state index contributed by atoms with van der Waals surface area (Å²) < 4.78 is 16.9. The molecule has 0 saturated heterocycles. The lowest BCUT2D eigenvalue weighted by Crippen LogP contribution is -1.97. The maximum absolute atomic E-state index is 6.58. The monoisotopic (exact) mass is 292 g/mol. The van der Waals surface area contributed by atoms with Gasteiger partial charge in [-0.05, 0) is 37.6 Å². The minimum atomic E-state index is -0.246. The highest BCUT2D eigenvalue weighted by Gasteiger charge is 2.19. The van der Waals surface area contributed by atoms with Gasteiger partial charge < -0.3 is 13.9 Å². The van der Waals surface area contributed by atoms with E-state index in [1.807, 2.05) is 38.1 Å². The molecule has 3 nitrogen and oxygen atoms in total. The first-order valence-corrected chi connectivity index (χ1v) is 7.19. The third kappa shape index (κ3) is 2.50. The normalized spacial score (nSPS) is 15.8. The number of ether oxygens (including phenoxy) is 2. The van der Waals surface area contributed by atoms with Crippen molar-refractivity contribution in [1.29, 1.82) is 0 Å². The van der Waals surface area contributed by atoms with E-state index in [0.29, 0.717) is 13.2 Å². The fourth-order valence-corrected chi connectivity index (χ4v) is 2.77. The van der Waals surface area contributed by atoms with Gasteiger partial charge in [-0.25, -0.2) is 0 Å². The molecule has 1 aliphatic heterocycles. The Morgan fingerprint density at radius 2 is 1.80 bits per heavy atom. The topological polar surface area (TPSA) is 31.6 Å². The predicted octanol–water partition coefficient (Wildman–Crippen LogP) is 4.39. The number of hydrogen-bond donors (Lipinski definition) is 0. The standard InChI is InChI=1S/C16H17ClO3/c1-10-8-13(11(2)20-10)16(17)12-4-5-14-15(9-12)19-7-3-6-18-14/h4-5,8-9,16H,3,6-7H2,1-2H3. The Morgan fingerprint density at radius 1 is 1.05 bits per heavy atom. The third-order valence-electron chi connectivity index (χ3n) is 3.42. The van der Waals surface area contributed by atoms with Crippen molar-refractivity contribution < 1.29 is 13.9 Å². The zero-order chi connectivity index (χ0) is 14.1. The smallest absolute Gasteiger partial charge is 0.161 e. The molecule has 0 aliphatic carbocycles. The summed E-state index contributed by atoms with van der Waals surface area (Å²) in [5.74, 6) is 3.28. The summed E-state index contributed by atoms with van der Waals surface area (Å²) in [5, 5.41) is -0.246. The molecule has 1 unspecified atom stereocenters. The van der Waals surface area contributed by atoms with Crippen LogP contribution in [0.2, 0.25) is 0 Å². The quantitative estimate of drug-likeness (QED) is 0.770. The SMILES string of the molecule is Cc1cc(C(Cl)c2ccc3c(c2)OCCCO3)c(C)o1. The first-order valence-electron chi connectivity index (χ1n) is 6.75. The average Bonchev–Trinajstić information content (AvgIpc) is 2.65. The van der Waals surface area contributed by atoms with E-state index in [1.165, 1.54) is 0 Å². The third-order valence-corrected chi connectivity index (χ3v) is 3.90. The van der Waals surface area contributed by atoms with Crippen LogP contribution in [0.1, 0.15) is 34.4 Å². The van der Waals surface area contributed by atoms with Crippen LogP contribution in [0.3, 0.4) is 0 Å². The summed E-state index contributed by atoms with van der Waals surface area (Å²) in [7, 11) is 0. The maximum atomic E-state index is 6.58. The molecular formula is C16H17ClO3. The van der Waals surface area contributed by atoms with Gasteiger partial charge in [0, 0.05) is 12.0 Å². The van der Waals surface area contributed by atoms with Crippen LogP contribution in [-0.2, 0) is 0 Å². The Labute approximate surface area is 123 Å². The van der Waals surface area contributed by atoms with E-state index in [1.54, 1.807) is 0 Å². The van der Waals surface area contributed by atoms with Crippen LogP contribution in [0.25, 0.3) is 0 Å². The van der Waals surface area contributed by atoms with Gasteiger partial charge in [-0.2, -0.15) is 0 Å². The molecule has 0 bridgehead atoms. The first-order chi connectivity index (χ1) is 9.65. The molecule has 0 spiro atoms. The van der Waals surface area contributed by atoms with Gasteiger partial charge in [0.2, 0.25) is 0 Å². The van der Waals surface area contributed by atoms with E-state index in [9.17, 15) is 0 Å². The first kappa shape index (κ1) is 13.4. The van der Waals surface area contributed by atoms with Crippen LogP contribution in [0, 0.1) is 13.8 Å². The van der Waals surface area contributed by atoms with Gasteiger partial charge in [0.1, 0.15) is 11.5 Å². The van der Waals surface area contributed by atoms with Crippen molar-refractivity contribution >= 4 is 11.6 Å². The molecule has 1 aliphatic rings. The zero-order valence-corrected chi connectivity index (χ0v) is 12.4. The second kappa shape index (κ2) is 5.41. The van der Waals surface area contributed by atoms with Crippen LogP contribution >= 0.6 is 11.6 Å². The van der Waals surface area contributed by atoms with Crippen LogP contribution < -0.4 is 9.47 Å². The van der Waals surface area contributed by atoms with Crippen molar-refractivity contribution in [1.82, 2.24) is 0 Å². The predicted molar refractivity (Wildman–Crippen MR) is 77.9 cm³/mol. The van der Waals surface area contributed by atoms with E-state index < -0.39 is 0 Å². The summed E-state index contributed by atoms with van der Waals surface area (Å²) in [6, 6.07) is 7.84. The molecule has 1 aromatic heterocycles. The minimum Gasteiger partial charge on any atom is -0.490 e. The lowest BCUT2D eigenvalue weighted by atomic mass is 10.0. The number of rotatable bonds is 2. The second-order valence-corrected chi connectivity index (χ2v) is 5.42. The minimum absolute atomic E-state index is 0.246. The van der Waals surface area contributed by atoms with Crippen molar-refractivity contribution in [3.8, 4) is 11.5 Å². The number of benzene rings is 1. The second-order valence-electron chi connectivity index (χ2n) is 4.99. The molecule has 0 N–H and O–H groups in total. The molecule has 0 radical (unpaired) electrons. The van der Waals surface area contributed by atoms with E-state index in [-0.39, 0.29) is 5.38 Å². The van der Waals surface area contributed by atoms with Crippen molar-refractivity contribution in [3.63, 3.8) is 0 Å². The maximum Gasteiger partial charge on any atom is 0.161 e. The molecule has 1 aromatic carbocycles.